The van der Waals surface area contributed by atoms with Gasteiger partial charge in [0.15, 0.2) is 0 Å². The second-order valence-corrected chi connectivity index (χ2v) is 7.82. The normalized spacial score (nSPS) is 18.2. The monoisotopic (exact) mass is 424 g/mol. The van der Waals surface area contributed by atoms with Crippen molar-refractivity contribution < 1.29 is 19.1 Å². The van der Waals surface area contributed by atoms with Crippen LogP contribution in [0.15, 0.2) is 48.5 Å². The minimum Gasteiger partial charge on any atom is -0.497 e. The molecule has 0 bridgehead atoms. The molecule has 2 amide bonds. The first-order valence-electron chi connectivity index (χ1n) is 10.9. The van der Waals surface area contributed by atoms with Crippen molar-refractivity contribution in [2.75, 3.05) is 27.3 Å². The van der Waals surface area contributed by atoms with Crippen molar-refractivity contribution in [3.63, 3.8) is 0 Å². The maximum Gasteiger partial charge on any atom is 0.226 e. The molecule has 1 aliphatic rings. The van der Waals surface area contributed by atoms with Crippen LogP contribution in [0.1, 0.15) is 43.4 Å². The average molecular weight is 425 g/mol. The van der Waals surface area contributed by atoms with E-state index in [1.54, 1.807) is 14.2 Å². The first-order valence-corrected chi connectivity index (χ1v) is 10.9. The zero-order chi connectivity index (χ0) is 22.2. The number of carbonyl (C=O) groups is 2. The molecule has 0 radical (unpaired) electrons. The van der Waals surface area contributed by atoms with Gasteiger partial charge in [0, 0.05) is 19.5 Å². The number of hydrogen-bond acceptors (Lipinski definition) is 4. The largest absolute Gasteiger partial charge is 0.497 e. The molecule has 1 saturated heterocycles. The molecule has 1 N–H and O–H groups in total. The van der Waals surface area contributed by atoms with Gasteiger partial charge in [-0.15, -0.1) is 0 Å². The molecular formula is C25H32N2O4. The molecule has 2 aromatic carbocycles. The lowest BCUT2D eigenvalue weighted by Gasteiger charge is -2.28. The highest BCUT2D eigenvalue weighted by Crippen LogP contribution is 2.39. The van der Waals surface area contributed by atoms with Gasteiger partial charge >= 0.3 is 0 Å². The Hall–Kier alpha value is -3.02. The van der Waals surface area contributed by atoms with Gasteiger partial charge in [-0.1, -0.05) is 43.7 Å². The Bertz CT molecular complexity index is 881. The summed E-state index contributed by atoms with van der Waals surface area (Å²) in [6.45, 7) is 3.26. The first kappa shape index (κ1) is 22.7. The standard InChI is InChI=1S/C25H32N2O4/c1-4-5-16-27-23(28)17-21(24(27)19-10-12-20(30-2)13-11-19)25(29)26-15-14-18-8-6-7-9-22(18)31-3/h6-13,21,24H,4-5,14-17H2,1-3H3,(H,26,29). The molecule has 2 unspecified atom stereocenters. The number of nitrogens with zero attached hydrogens (tertiary/aromatic N) is 1. The van der Waals surface area contributed by atoms with E-state index < -0.39 is 5.92 Å². The molecule has 1 fully saturated rings. The van der Waals surface area contributed by atoms with E-state index in [9.17, 15) is 9.59 Å². The minimum absolute atomic E-state index is 0.0409. The van der Waals surface area contributed by atoms with Gasteiger partial charge in [-0.3, -0.25) is 9.59 Å². The number of para-hydroxylation sites is 1. The summed E-state index contributed by atoms with van der Waals surface area (Å²) in [4.78, 5) is 27.8. The molecule has 0 aliphatic carbocycles. The SMILES string of the molecule is CCCCN1C(=O)CC(C(=O)NCCc2ccccc2OC)C1c1ccc(OC)cc1. The summed E-state index contributed by atoms with van der Waals surface area (Å²) in [5.41, 5.74) is 2.01. The summed E-state index contributed by atoms with van der Waals surface area (Å²) in [5.74, 6) is 1.12. The van der Waals surface area contributed by atoms with Gasteiger partial charge in [0.2, 0.25) is 11.8 Å². The van der Waals surface area contributed by atoms with Crippen LogP contribution in [0, 0.1) is 5.92 Å². The van der Waals surface area contributed by atoms with Crippen LogP contribution >= 0.6 is 0 Å². The summed E-state index contributed by atoms with van der Waals surface area (Å²) in [7, 11) is 3.27. The maximum atomic E-state index is 13.1. The highest BCUT2D eigenvalue weighted by atomic mass is 16.5. The minimum atomic E-state index is -0.407. The highest BCUT2D eigenvalue weighted by molar-refractivity contribution is 5.90. The average Bonchev–Trinajstić information content (AvgIpc) is 3.14. The molecule has 166 valence electrons. The van der Waals surface area contributed by atoms with Gasteiger partial charge in [0.1, 0.15) is 11.5 Å². The van der Waals surface area contributed by atoms with Gasteiger partial charge in [-0.05, 0) is 42.2 Å². The van der Waals surface area contributed by atoms with Gasteiger partial charge in [-0.25, -0.2) is 0 Å². The Kier molecular flexibility index (Phi) is 7.93. The van der Waals surface area contributed by atoms with Crippen molar-refractivity contribution in [3.05, 3.63) is 59.7 Å². The fourth-order valence-electron chi connectivity index (χ4n) is 4.19. The number of likely N-dealkylation sites (tertiary alicyclic amines) is 1. The second kappa shape index (κ2) is 10.8. The van der Waals surface area contributed by atoms with Crippen molar-refractivity contribution in [2.45, 2.75) is 38.6 Å². The third-order valence-electron chi connectivity index (χ3n) is 5.86. The fraction of sp³-hybridized carbons (Fsp3) is 0.440. The Morgan fingerprint density at radius 1 is 1.10 bits per heavy atom. The number of benzene rings is 2. The summed E-state index contributed by atoms with van der Waals surface area (Å²) >= 11 is 0. The van der Waals surface area contributed by atoms with E-state index >= 15 is 0 Å². The lowest BCUT2D eigenvalue weighted by molar-refractivity contribution is -0.129. The lowest BCUT2D eigenvalue weighted by atomic mass is 9.92. The Balaban J connectivity index is 1.73. The van der Waals surface area contributed by atoms with Crippen molar-refractivity contribution in [2.24, 2.45) is 5.92 Å². The van der Waals surface area contributed by atoms with Crippen LogP contribution in [0.3, 0.4) is 0 Å². The van der Waals surface area contributed by atoms with Gasteiger partial charge < -0.3 is 19.7 Å². The number of ether oxygens (including phenoxy) is 2. The second-order valence-electron chi connectivity index (χ2n) is 7.82. The van der Waals surface area contributed by atoms with E-state index in [4.69, 9.17) is 9.47 Å². The van der Waals surface area contributed by atoms with Crippen LogP contribution in [0.2, 0.25) is 0 Å². The van der Waals surface area contributed by atoms with E-state index in [0.717, 1.165) is 35.5 Å². The first-order chi connectivity index (χ1) is 15.1. The molecule has 2 aromatic rings. The molecule has 6 heteroatoms. The highest BCUT2D eigenvalue weighted by Gasteiger charge is 2.44. The molecule has 31 heavy (non-hydrogen) atoms. The molecule has 0 aromatic heterocycles. The van der Waals surface area contributed by atoms with Crippen molar-refractivity contribution in [1.29, 1.82) is 0 Å². The van der Waals surface area contributed by atoms with E-state index in [1.165, 1.54) is 0 Å². The molecule has 0 spiro atoms. The van der Waals surface area contributed by atoms with Gasteiger partial charge in [0.25, 0.3) is 0 Å². The summed E-state index contributed by atoms with van der Waals surface area (Å²) < 4.78 is 10.7. The summed E-state index contributed by atoms with van der Waals surface area (Å²) in [6.07, 6.45) is 2.82. The predicted molar refractivity (Wildman–Crippen MR) is 120 cm³/mol. The number of nitrogens with one attached hydrogen (secondary N) is 1. The van der Waals surface area contributed by atoms with Crippen LogP contribution in [0.5, 0.6) is 11.5 Å². The van der Waals surface area contributed by atoms with E-state index in [0.29, 0.717) is 19.5 Å². The molecule has 0 saturated carbocycles. The number of rotatable bonds is 10. The third kappa shape index (κ3) is 5.37. The number of hydrogen-bond donors (Lipinski definition) is 1. The molecule has 2 atom stereocenters. The molecule has 6 nitrogen and oxygen atoms in total. The van der Waals surface area contributed by atoms with Crippen LogP contribution in [-0.4, -0.2) is 44.0 Å². The number of amides is 2. The zero-order valence-corrected chi connectivity index (χ0v) is 18.6. The molecular weight excluding hydrogens is 392 g/mol. The fourth-order valence-corrected chi connectivity index (χ4v) is 4.19. The van der Waals surface area contributed by atoms with Crippen LogP contribution < -0.4 is 14.8 Å². The third-order valence-corrected chi connectivity index (χ3v) is 5.86. The van der Waals surface area contributed by atoms with E-state index in [2.05, 4.69) is 12.2 Å². The molecule has 1 aliphatic heterocycles. The summed E-state index contributed by atoms with van der Waals surface area (Å²) in [6, 6.07) is 15.2. The Morgan fingerprint density at radius 3 is 2.52 bits per heavy atom. The molecule has 3 rings (SSSR count). The van der Waals surface area contributed by atoms with E-state index in [-0.39, 0.29) is 24.3 Å². The number of methoxy groups -OCH3 is 2. The van der Waals surface area contributed by atoms with Gasteiger partial charge in [0.05, 0.1) is 26.2 Å². The van der Waals surface area contributed by atoms with Crippen LogP contribution in [-0.2, 0) is 16.0 Å². The Labute approximate surface area is 184 Å². The Morgan fingerprint density at radius 2 is 1.84 bits per heavy atom. The topological polar surface area (TPSA) is 67.9 Å². The van der Waals surface area contributed by atoms with Crippen molar-refractivity contribution >= 4 is 11.8 Å². The van der Waals surface area contributed by atoms with Crippen LogP contribution in [0.25, 0.3) is 0 Å². The van der Waals surface area contributed by atoms with Crippen molar-refractivity contribution in [1.82, 2.24) is 10.2 Å². The number of unbranched alkanes of at least 4 members (excludes halogenated alkanes) is 1. The van der Waals surface area contributed by atoms with Crippen molar-refractivity contribution in [3.8, 4) is 11.5 Å². The van der Waals surface area contributed by atoms with Crippen LogP contribution in [0.4, 0.5) is 0 Å². The molecule has 1 heterocycles. The predicted octanol–water partition coefficient (Wildman–Crippen LogP) is 3.75. The smallest absolute Gasteiger partial charge is 0.226 e. The summed E-state index contributed by atoms with van der Waals surface area (Å²) in [5, 5.41) is 3.05. The van der Waals surface area contributed by atoms with E-state index in [1.807, 2.05) is 53.4 Å². The lowest BCUT2D eigenvalue weighted by Crippen LogP contribution is -2.36. The zero-order valence-electron chi connectivity index (χ0n) is 18.6. The van der Waals surface area contributed by atoms with Gasteiger partial charge in [-0.2, -0.15) is 0 Å². The number of carbonyl (C=O) groups excluding carboxylic acids is 2. The maximum absolute atomic E-state index is 13.1. The quantitative estimate of drug-likeness (QED) is 0.631.